The molecule has 2 atom stereocenters. The molecule has 98 valence electrons. The minimum absolute atomic E-state index is 0.173. The number of hydrogen-bond donors (Lipinski definition) is 1. The maximum absolute atomic E-state index is 10.2. The number of hydrogen-bond acceptors (Lipinski definition) is 2. The Bertz CT molecular complexity index is 170. The number of unbranched alkanes of at least 4 members (excludes halogenated alkanes) is 1. The minimum atomic E-state index is -0.648. The normalized spacial score (nSPS) is 16.5. The average molecular weight is 230 g/mol. The average Bonchev–Trinajstić information content (AvgIpc) is 2.14. The van der Waals surface area contributed by atoms with E-state index in [2.05, 4.69) is 27.7 Å². The molecule has 0 aromatic rings. The van der Waals surface area contributed by atoms with Crippen molar-refractivity contribution in [1.82, 2.24) is 0 Å². The molecule has 0 amide bonds. The van der Waals surface area contributed by atoms with Gasteiger partial charge in [0, 0.05) is 5.92 Å². The van der Waals surface area contributed by atoms with Crippen LogP contribution in [-0.4, -0.2) is 22.9 Å². The molecule has 0 heterocycles. The summed E-state index contributed by atoms with van der Waals surface area (Å²) in [4.78, 5) is 0. The fourth-order valence-electron chi connectivity index (χ4n) is 2.24. The highest BCUT2D eigenvalue weighted by molar-refractivity contribution is 4.83. The van der Waals surface area contributed by atoms with Gasteiger partial charge >= 0.3 is 0 Å². The summed E-state index contributed by atoms with van der Waals surface area (Å²) >= 11 is 0. The number of rotatable bonds is 8. The van der Waals surface area contributed by atoms with Crippen molar-refractivity contribution in [1.29, 1.82) is 0 Å². The van der Waals surface area contributed by atoms with Crippen LogP contribution in [-0.2, 0) is 4.74 Å². The van der Waals surface area contributed by atoms with Gasteiger partial charge in [0.1, 0.15) is 0 Å². The highest BCUT2D eigenvalue weighted by Gasteiger charge is 2.33. The monoisotopic (exact) mass is 230 g/mol. The largest absolute Gasteiger partial charge is 0.390 e. The molecule has 0 aromatic heterocycles. The van der Waals surface area contributed by atoms with Crippen LogP contribution in [0.2, 0.25) is 0 Å². The molecule has 0 aliphatic heterocycles. The van der Waals surface area contributed by atoms with Crippen LogP contribution in [0.15, 0.2) is 0 Å². The number of aliphatic hydroxyl groups is 1. The molecule has 0 radical (unpaired) electrons. The second kappa shape index (κ2) is 7.29. The molecule has 2 heteroatoms. The van der Waals surface area contributed by atoms with Crippen LogP contribution in [0.25, 0.3) is 0 Å². The highest BCUT2D eigenvalue weighted by atomic mass is 16.5. The molecular weight excluding hydrogens is 200 g/mol. The maximum Gasteiger partial charge on any atom is 0.0644 e. The van der Waals surface area contributed by atoms with Crippen molar-refractivity contribution in [3.8, 4) is 0 Å². The molecule has 0 aliphatic carbocycles. The fourth-order valence-corrected chi connectivity index (χ4v) is 2.24. The van der Waals surface area contributed by atoms with E-state index in [1.54, 1.807) is 0 Å². The summed E-state index contributed by atoms with van der Waals surface area (Å²) in [6.07, 6.45) is 4.75. The first-order valence-electron chi connectivity index (χ1n) is 6.70. The summed E-state index contributed by atoms with van der Waals surface area (Å²) in [6, 6.07) is 0. The lowest BCUT2D eigenvalue weighted by atomic mass is 9.81. The van der Waals surface area contributed by atoms with E-state index in [-0.39, 0.29) is 18.1 Å². The van der Waals surface area contributed by atoms with E-state index in [4.69, 9.17) is 4.74 Å². The summed E-state index contributed by atoms with van der Waals surface area (Å²) in [5.74, 6) is 0.236. The highest BCUT2D eigenvalue weighted by Crippen LogP contribution is 2.29. The van der Waals surface area contributed by atoms with Crippen molar-refractivity contribution < 1.29 is 9.84 Å². The lowest BCUT2D eigenvalue weighted by Crippen LogP contribution is -2.41. The van der Waals surface area contributed by atoms with Gasteiger partial charge in [-0.3, -0.25) is 0 Å². The van der Waals surface area contributed by atoms with Crippen LogP contribution >= 0.6 is 0 Å². The summed E-state index contributed by atoms with van der Waals surface area (Å²) in [5.41, 5.74) is -0.648. The zero-order chi connectivity index (χ0) is 12.8. The smallest absolute Gasteiger partial charge is 0.0644 e. The molecule has 0 bridgehead atoms. The van der Waals surface area contributed by atoms with Gasteiger partial charge < -0.3 is 9.84 Å². The predicted molar refractivity (Wildman–Crippen MR) is 69.6 cm³/mol. The zero-order valence-electron chi connectivity index (χ0n) is 11.9. The van der Waals surface area contributed by atoms with Crippen molar-refractivity contribution in [2.24, 2.45) is 5.92 Å². The van der Waals surface area contributed by atoms with Crippen molar-refractivity contribution in [3.63, 3.8) is 0 Å². The van der Waals surface area contributed by atoms with E-state index in [9.17, 15) is 5.11 Å². The van der Waals surface area contributed by atoms with Crippen LogP contribution in [0.3, 0.4) is 0 Å². The Morgan fingerprint density at radius 1 is 1.19 bits per heavy atom. The first kappa shape index (κ1) is 15.9. The van der Waals surface area contributed by atoms with E-state index >= 15 is 0 Å². The van der Waals surface area contributed by atoms with Gasteiger partial charge in [0.15, 0.2) is 0 Å². The molecule has 0 saturated heterocycles. The van der Waals surface area contributed by atoms with Gasteiger partial charge in [-0.05, 0) is 40.5 Å². The van der Waals surface area contributed by atoms with Gasteiger partial charge in [-0.15, -0.1) is 0 Å². The maximum atomic E-state index is 10.2. The predicted octanol–water partition coefficient (Wildman–Crippen LogP) is 3.77. The molecule has 0 saturated carbocycles. The molecule has 0 spiro atoms. The van der Waals surface area contributed by atoms with Crippen LogP contribution in [0.1, 0.15) is 67.2 Å². The molecule has 0 rings (SSSR count). The Kier molecular flexibility index (Phi) is 7.25. The van der Waals surface area contributed by atoms with Crippen molar-refractivity contribution in [2.75, 3.05) is 0 Å². The molecule has 2 unspecified atom stereocenters. The van der Waals surface area contributed by atoms with Gasteiger partial charge in [-0.1, -0.05) is 26.7 Å². The molecule has 1 N–H and O–H groups in total. The number of ether oxygens (including phenoxy) is 1. The third-order valence-electron chi connectivity index (χ3n) is 3.07. The van der Waals surface area contributed by atoms with Crippen molar-refractivity contribution >= 4 is 0 Å². The van der Waals surface area contributed by atoms with Gasteiger partial charge in [-0.2, -0.15) is 0 Å². The Morgan fingerprint density at radius 2 is 1.75 bits per heavy atom. The van der Waals surface area contributed by atoms with Crippen LogP contribution in [0, 0.1) is 5.92 Å². The van der Waals surface area contributed by atoms with Gasteiger partial charge in [0.05, 0.1) is 17.8 Å². The lowest BCUT2D eigenvalue weighted by molar-refractivity contribution is -0.0991. The summed E-state index contributed by atoms with van der Waals surface area (Å²) < 4.78 is 5.93. The van der Waals surface area contributed by atoms with E-state index in [0.717, 1.165) is 19.3 Å². The molecule has 0 aromatic carbocycles. The van der Waals surface area contributed by atoms with E-state index in [1.807, 2.05) is 13.8 Å². The van der Waals surface area contributed by atoms with Crippen molar-refractivity contribution in [3.05, 3.63) is 0 Å². The summed E-state index contributed by atoms with van der Waals surface area (Å²) in [6.45, 7) is 12.2. The van der Waals surface area contributed by atoms with E-state index < -0.39 is 5.60 Å². The minimum Gasteiger partial charge on any atom is -0.390 e. The van der Waals surface area contributed by atoms with E-state index in [0.29, 0.717) is 0 Å². The lowest BCUT2D eigenvalue weighted by Gasteiger charge is -2.36. The summed E-state index contributed by atoms with van der Waals surface area (Å²) in [7, 11) is 0. The fraction of sp³-hybridized carbons (Fsp3) is 1.00. The Labute approximate surface area is 101 Å². The SMILES string of the molecule is CCCCC(C(CC)OC(C)C)C(C)(C)O. The molecule has 0 aliphatic rings. The van der Waals surface area contributed by atoms with Gasteiger partial charge in [0.25, 0.3) is 0 Å². The topological polar surface area (TPSA) is 29.5 Å². The molecular formula is C14H30O2. The second-order valence-corrected chi connectivity index (χ2v) is 5.53. The molecule has 16 heavy (non-hydrogen) atoms. The Balaban J connectivity index is 4.56. The molecule has 2 nitrogen and oxygen atoms in total. The van der Waals surface area contributed by atoms with Crippen LogP contribution < -0.4 is 0 Å². The standard InChI is InChI=1S/C14H30O2/c1-7-9-10-12(14(5,6)15)13(8-2)16-11(3)4/h11-13,15H,7-10H2,1-6H3. The van der Waals surface area contributed by atoms with E-state index in [1.165, 1.54) is 6.42 Å². The van der Waals surface area contributed by atoms with Gasteiger partial charge in [0.2, 0.25) is 0 Å². The zero-order valence-corrected chi connectivity index (χ0v) is 11.9. The van der Waals surface area contributed by atoms with Crippen LogP contribution in [0.5, 0.6) is 0 Å². The second-order valence-electron chi connectivity index (χ2n) is 5.53. The first-order chi connectivity index (χ1) is 7.32. The Hall–Kier alpha value is -0.0800. The molecule has 0 fully saturated rings. The summed E-state index contributed by atoms with van der Waals surface area (Å²) in [5, 5.41) is 10.2. The Morgan fingerprint density at radius 3 is 2.06 bits per heavy atom. The third-order valence-corrected chi connectivity index (χ3v) is 3.07. The quantitative estimate of drug-likeness (QED) is 0.688. The first-order valence-corrected chi connectivity index (χ1v) is 6.70. The van der Waals surface area contributed by atoms with Gasteiger partial charge in [-0.25, -0.2) is 0 Å². The van der Waals surface area contributed by atoms with Crippen molar-refractivity contribution in [2.45, 2.75) is 85.0 Å². The van der Waals surface area contributed by atoms with Crippen LogP contribution in [0.4, 0.5) is 0 Å². The third kappa shape index (κ3) is 5.86.